The van der Waals surface area contributed by atoms with Crippen LogP contribution in [-0.2, 0) is 6.18 Å². The summed E-state index contributed by atoms with van der Waals surface area (Å²) in [6.07, 6.45) is -4.41. The minimum atomic E-state index is -4.41. The fourth-order valence-corrected chi connectivity index (χ4v) is 1.41. The SMILES string of the molecule is OC(=C(Br)Br)c1cccc(C(F)(F)F)c1. The molecule has 0 unspecified atom stereocenters. The monoisotopic (exact) mass is 344 g/mol. The average molecular weight is 346 g/mol. The van der Waals surface area contributed by atoms with Crippen LogP contribution in [0.3, 0.4) is 0 Å². The van der Waals surface area contributed by atoms with E-state index in [1.807, 2.05) is 0 Å². The van der Waals surface area contributed by atoms with E-state index in [-0.39, 0.29) is 14.7 Å². The molecule has 1 rings (SSSR count). The van der Waals surface area contributed by atoms with Crippen LogP contribution in [0.15, 0.2) is 27.7 Å². The minimum absolute atomic E-state index is 0.0913. The predicted molar refractivity (Wildman–Crippen MR) is 58.8 cm³/mol. The third-order valence-electron chi connectivity index (χ3n) is 1.64. The molecule has 1 aromatic rings. The van der Waals surface area contributed by atoms with Gasteiger partial charge >= 0.3 is 6.18 Å². The Morgan fingerprint density at radius 3 is 2.27 bits per heavy atom. The zero-order valence-electron chi connectivity index (χ0n) is 7.15. The Balaban J connectivity index is 3.21. The molecule has 0 aliphatic rings. The largest absolute Gasteiger partial charge is 0.506 e. The van der Waals surface area contributed by atoms with Crippen LogP contribution >= 0.6 is 31.9 Å². The van der Waals surface area contributed by atoms with Gasteiger partial charge in [-0.05, 0) is 44.0 Å². The molecule has 1 N–H and O–H groups in total. The molecule has 0 saturated carbocycles. The summed E-state index contributed by atoms with van der Waals surface area (Å²) in [6, 6.07) is 4.43. The summed E-state index contributed by atoms with van der Waals surface area (Å²) in [5.41, 5.74) is -0.707. The summed E-state index contributed by atoms with van der Waals surface area (Å²) in [6.45, 7) is 0. The van der Waals surface area contributed by atoms with Crippen molar-refractivity contribution in [2.75, 3.05) is 0 Å². The highest BCUT2D eigenvalue weighted by Gasteiger charge is 2.30. The van der Waals surface area contributed by atoms with Crippen molar-refractivity contribution in [2.45, 2.75) is 6.18 Å². The van der Waals surface area contributed by atoms with Crippen LogP contribution < -0.4 is 0 Å². The number of halogens is 5. The predicted octanol–water partition coefficient (Wildman–Crippen LogP) is 4.68. The third-order valence-corrected chi connectivity index (χ3v) is 2.39. The molecule has 6 heteroatoms. The van der Waals surface area contributed by atoms with Crippen molar-refractivity contribution >= 4 is 37.6 Å². The van der Waals surface area contributed by atoms with Gasteiger partial charge in [-0.15, -0.1) is 0 Å². The van der Waals surface area contributed by atoms with Gasteiger partial charge in [-0.25, -0.2) is 0 Å². The van der Waals surface area contributed by atoms with Gasteiger partial charge in [0.2, 0.25) is 0 Å². The molecule has 0 heterocycles. The molecule has 0 radical (unpaired) electrons. The van der Waals surface area contributed by atoms with Gasteiger partial charge < -0.3 is 5.11 Å². The van der Waals surface area contributed by atoms with Crippen LogP contribution in [0, 0.1) is 0 Å². The number of aliphatic hydroxyl groups excluding tert-OH is 1. The summed E-state index contributed by atoms with van der Waals surface area (Å²) < 4.78 is 37.1. The molecule has 0 bridgehead atoms. The molecule has 0 fully saturated rings. The molecular formula is C9H5Br2F3O. The molecule has 0 spiro atoms. The fourth-order valence-electron chi connectivity index (χ4n) is 0.952. The second kappa shape index (κ2) is 4.57. The molecule has 0 aliphatic heterocycles. The van der Waals surface area contributed by atoms with Gasteiger partial charge in [0.15, 0.2) is 0 Å². The van der Waals surface area contributed by atoms with E-state index in [1.54, 1.807) is 0 Å². The normalized spacial score (nSPS) is 11.3. The zero-order valence-corrected chi connectivity index (χ0v) is 10.3. The van der Waals surface area contributed by atoms with E-state index in [2.05, 4.69) is 31.9 Å². The zero-order chi connectivity index (χ0) is 11.6. The molecular weight excluding hydrogens is 341 g/mol. The lowest BCUT2D eigenvalue weighted by Gasteiger charge is -2.08. The third kappa shape index (κ3) is 3.24. The van der Waals surface area contributed by atoms with Crippen molar-refractivity contribution < 1.29 is 18.3 Å². The lowest BCUT2D eigenvalue weighted by molar-refractivity contribution is -0.137. The Bertz CT molecular complexity index is 395. The molecule has 0 aliphatic carbocycles. The summed E-state index contributed by atoms with van der Waals surface area (Å²) in [5.74, 6) is -0.277. The Morgan fingerprint density at radius 1 is 1.20 bits per heavy atom. The second-order valence-corrected chi connectivity index (χ2v) is 5.34. The highest BCUT2D eigenvalue weighted by Crippen LogP contribution is 2.32. The fraction of sp³-hybridized carbons (Fsp3) is 0.111. The number of benzene rings is 1. The van der Waals surface area contributed by atoms with Crippen LogP contribution in [0.25, 0.3) is 5.76 Å². The van der Waals surface area contributed by atoms with Crippen LogP contribution in [-0.4, -0.2) is 5.11 Å². The number of alkyl halides is 3. The van der Waals surface area contributed by atoms with Gasteiger partial charge in [0.1, 0.15) is 9.15 Å². The first-order valence-corrected chi connectivity index (χ1v) is 5.33. The molecule has 15 heavy (non-hydrogen) atoms. The first kappa shape index (κ1) is 12.6. The first-order chi connectivity index (χ1) is 6.82. The van der Waals surface area contributed by atoms with Gasteiger partial charge in [-0.1, -0.05) is 12.1 Å². The summed E-state index contributed by atoms with van der Waals surface area (Å²) >= 11 is 5.83. The van der Waals surface area contributed by atoms with E-state index in [1.165, 1.54) is 12.1 Å². The number of hydrogen-bond donors (Lipinski definition) is 1. The highest BCUT2D eigenvalue weighted by molar-refractivity contribution is 9.28. The Labute approximate surface area is 101 Å². The molecule has 0 atom stereocenters. The Kier molecular flexibility index (Phi) is 3.83. The summed E-state index contributed by atoms with van der Waals surface area (Å²) in [5, 5.41) is 9.41. The Morgan fingerprint density at radius 2 is 1.80 bits per heavy atom. The maximum absolute atomic E-state index is 12.3. The highest BCUT2D eigenvalue weighted by atomic mass is 79.9. The van der Waals surface area contributed by atoms with Crippen molar-refractivity contribution in [2.24, 2.45) is 0 Å². The van der Waals surface area contributed by atoms with E-state index >= 15 is 0 Å². The number of hydrogen-bond acceptors (Lipinski definition) is 1. The molecule has 0 amide bonds. The summed E-state index contributed by atoms with van der Waals surface area (Å²) in [4.78, 5) is 0. The van der Waals surface area contributed by atoms with Crippen LogP contribution in [0.4, 0.5) is 13.2 Å². The van der Waals surface area contributed by atoms with E-state index in [4.69, 9.17) is 0 Å². The van der Waals surface area contributed by atoms with Crippen molar-refractivity contribution in [3.05, 3.63) is 38.8 Å². The first-order valence-electron chi connectivity index (χ1n) is 3.74. The van der Waals surface area contributed by atoms with Crippen LogP contribution in [0.5, 0.6) is 0 Å². The molecule has 0 saturated heterocycles. The summed E-state index contributed by atoms with van der Waals surface area (Å²) in [7, 11) is 0. The lowest BCUT2D eigenvalue weighted by atomic mass is 10.1. The van der Waals surface area contributed by atoms with Crippen LogP contribution in [0.1, 0.15) is 11.1 Å². The van der Waals surface area contributed by atoms with Gasteiger partial charge in [0.05, 0.1) is 5.56 Å². The standard InChI is InChI=1S/C9H5Br2F3O/c10-8(11)7(15)5-2-1-3-6(4-5)9(12,13)14/h1-4,15H. The van der Waals surface area contributed by atoms with Crippen molar-refractivity contribution in [3.8, 4) is 0 Å². The van der Waals surface area contributed by atoms with Gasteiger partial charge in [0, 0.05) is 5.56 Å². The van der Waals surface area contributed by atoms with Crippen molar-refractivity contribution in [1.29, 1.82) is 0 Å². The van der Waals surface area contributed by atoms with E-state index in [0.29, 0.717) is 0 Å². The topological polar surface area (TPSA) is 20.2 Å². The maximum Gasteiger partial charge on any atom is 0.416 e. The second-order valence-electron chi connectivity index (χ2n) is 2.69. The van der Waals surface area contributed by atoms with Crippen molar-refractivity contribution in [3.63, 3.8) is 0 Å². The molecule has 1 aromatic carbocycles. The smallest absolute Gasteiger partial charge is 0.416 e. The van der Waals surface area contributed by atoms with Gasteiger partial charge in [0.25, 0.3) is 0 Å². The van der Waals surface area contributed by atoms with Crippen LogP contribution in [0.2, 0.25) is 0 Å². The van der Waals surface area contributed by atoms with E-state index in [0.717, 1.165) is 12.1 Å². The quantitative estimate of drug-likeness (QED) is 0.733. The van der Waals surface area contributed by atoms with E-state index in [9.17, 15) is 18.3 Å². The van der Waals surface area contributed by atoms with Gasteiger partial charge in [-0.3, -0.25) is 0 Å². The van der Waals surface area contributed by atoms with Crippen molar-refractivity contribution in [1.82, 2.24) is 0 Å². The Hall–Kier alpha value is -0.490. The number of rotatable bonds is 1. The average Bonchev–Trinajstić information content (AvgIpc) is 2.15. The van der Waals surface area contributed by atoms with E-state index < -0.39 is 11.7 Å². The molecule has 1 nitrogen and oxygen atoms in total. The number of aliphatic hydroxyl groups is 1. The maximum atomic E-state index is 12.3. The minimum Gasteiger partial charge on any atom is -0.506 e. The molecule has 0 aromatic heterocycles. The molecule has 82 valence electrons. The lowest BCUT2D eigenvalue weighted by Crippen LogP contribution is -2.05. The van der Waals surface area contributed by atoms with Gasteiger partial charge in [-0.2, -0.15) is 13.2 Å².